The second-order valence-electron chi connectivity index (χ2n) is 6.69. The maximum absolute atomic E-state index is 5.97. The Morgan fingerprint density at radius 3 is 2.93 bits per heavy atom. The summed E-state index contributed by atoms with van der Waals surface area (Å²) in [6.45, 7) is 7.66. The Morgan fingerprint density at radius 1 is 1.29 bits per heavy atom. The van der Waals surface area contributed by atoms with Gasteiger partial charge in [0.1, 0.15) is 24.0 Å². The van der Waals surface area contributed by atoms with Crippen molar-refractivity contribution in [3.63, 3.8) is 0 Å². The smallest absolute Gasteiger partial charge is 0.131 e. The van der Waals surface area contributed by atoms with Crippen molar-refractivity contribution in [1.82, 2.24) is 14.9 Å². The Bertz CT molecular complexity index is 1080. The molecule has 0 saturated carbocycles. The van der Waals surface area contributed by atoms with Crippen LogP contribution < -0.4 is 10.5 Å². The summed E-state index contributed by atoms with van der Waals surface area (Å²) in [5.74, 6) is 1.98. The van der Waals surface area contributed by atoms with Crippen molar-refractivity contribution in [1.29, 1.82) is 0 Å². The van der Waals surface area contributed by atoms with Crippen molar-refractivity contribution < 1.29 is 4.74 Å². The Labute approximate surface area is 164 Å². The quantitative estimate of drug-likeness (QED) is 0.540. The molecule has 142 valence electrons. The topological polar surface area (TPSA) is 79.5 Å². The fourth-order valence-corrected chi connectivity index (χ4v) is 3.39. The van der Waals surface area contributed by atoms with Crippen LogP contribution in [-0.4, -0.2) is 33.9 Å². The minimum absolute atomic E-state index is 0.292. The molecule has 4 rings (SSSR count). The number of benzene rings is 2. The van der Waals surface area contributed by atoms with Gasteiger partial charge >= 0.3 is 0 Å². The summed E-state index contributed by atoms with van der Waals surface area (Å²) in [5.41, 5.74) is 11.1. The number of aliphatic imine (C=N–C) groups is 1. The van der Waals surface area contributed by atoms with Gasteiger partial charge in [-0.15, -0.1) is 0 Å². The number of H-pyrrole nitrogens is 1. The summed E-state index contributed by atoms with van der Waals surface area (Å²) in [4.78, 5) is 14.0. The van der Waals surface area contributed by atoms with Gasteiger partial charge in [0.05, 0.1) is 23.9 Å². The fraction of sp³-hybridized carbons (Fsp3) is 0.182. The lowest BCUT2D eigenvalue weighted by Gasteiger charge is -2.22. The van der Waals surface area contributed by atoms with E-state index in [-0.39, 0.29) is 0 Å². The van der Waals surface area contributed by atoms with E-state index in [0.717, 1.165) is 45.9 Å². The summed E-state index contributed by atoms with van der Waals surface area (Å²) in [6.07, 6.45) is 5.61. The highest BCUT2D eigenvalue weighted by Gasteiger charge is 2.18. The maximum atomic E-state index is 5.97. The van der Waals surface area contributed by atoms with E-state index < -0.39 is 0 Å². The van der Waals surface area contributed by atoms with Crippen LogP contribution in [0.5, 0.6) is 5.75 Å². The van der Waals surface area contributed by atoms with Crippen LogP contribution in [0.15, 0.2) is 72.3 Å². The minimum atomic E-state index is 0.292. The minimum Gasteiger partial charge on any atom is -0.491 e. The van der Waals surface area contributed by atoms with Crippen LogP contribution in [-0.2, 0) is 6.54 Å². The largest absolute Gasteiger partial charge is 0.491 e. The average molecular weight is 373 g/mol. The van der Waals surface area contributed by atoms with E-state index in [2.05, 4.69) is 50.7 Å². The summed E-state index contributed by atoms with van der Waals surface area (Å²) in [6, 6.07) is 12.5. The molecule has 0 unspecified atom stereocenters. The number of nitrogens with one attached hydrogen (secondary N) is 1. The van der Waals surface area contributed by atoms with Crippen molar-refractivity contribution in [2.24, 2.45) is 10.7 Å². The third kappa shape index (κ3) is 3.62. The molecule has 6 heteroatoms. The molecule has 1 aliphatic heterocycles. The molecule has 0 atom stereocenters. The molecule has 0 radical (unpaired) electrons. The SMILES string of the molecule is C=C(N)N=C(/C=C/C)N1CCOc2ccc(-c3ccc4nc[nH]c4c3)cc2C1. The second-order valence-corrected chi connectivity index (χ2v) is 6.69. The molecule has 3 N–H and O–H groups in total. The van der Waals surface area contributed by atoms with Crippen LogP contribution in [0.1, 0.15) is 12.5 Å². The molecule has 0 amide bonds. The molecule has 6 nitrogen and oxygen atoms in total. The number of amidine groups is 1. The number of allylic oxidation sites excluding steroid dienone is 1. The Morgan fingerprint density at radius 2 is 2.11 bits per heavy atom. The average Bonchev–Trinajstić information content (AvgIpc) is 3.04. The third-order valence-corrected chi connectivity index (χ3v) is 4.69. The van der Waals surface area contributed by atoms with Gasteiger partial charge in [0.25, 0.3) is 0 Å². The highest BCUT2D eigenvalue weighted by Crippen LogP contribution is 2.30. The molecule has 3 aromatic rings. The summed E-state index contributed by atoms with van der Waals surface area (Å²) in [7, 11) is 0. The lowest BCUT2D eigenvalue weighted by Crippen LogP contribution is -2.31. The van der Waals surface area contributed by atoms with Crippen molar-refractivity contribution in [2.75, 3.05) is 13.2 Å². The lowest BCUT2D eigenvalue weighted by atomic mass is 10.0. The first-order chi connectivity index (χ1) is 13.6. The van der Waals surface area contributed by atoms with Gasteiger partial charge in [0, 0.05) is 12.1 Å². The molecule has 0 bridgehead atoms. The van der Waals surface area contributed by atoms with Crippen LogP contribution in [0.2, 0.25) is 0 Å². The molecule has 0 saturated heterocycles. The van der Waals surface area contributed by atoms with Crippen LogP contribution in [0.4, 0.5) is 0 Å². The number of rotatable bonds is 3. The molecule has 2 aromatic carbocycles. The summed E-state index contributed by atoms with van der Waals surface area (Å²) < 4.78 is 5.97. The summed E-state index contributed by atoms with van der Waals surface area (Å²) >= 11 is 0. The first-order valence-corrected chi connectivity index (χ1v) is 9.24. The molecule has 28 heavy (non-hydrogen) atoms. The van der Waals surface area contributed by atoms with Crippen molar-refractivity contribution >= 4 is 16.9 Å². The van der Waals surface area contributed by atoms with Gasteiger partial charge in [0.2, 0.25) is 0 Å². The highest BCUT2D eigenvalue weighted by atomic mass is 16.5. The first-order valence-electron chi connectivity index (χ1n) is 9.24. The molecule has 0 fully saturated rings. The number of nitrogens with zero attached hydrogens (tertiary/aromatic N) is 3. The van der Waals surface area contributed by atoms with Crippen LogP contribution in [0, 0.1) is 0 Å². The zero-order chi connectivity index (χ0) is 19.5. The van der Waals surface area contributed by atoms with E-state index in [1.807, 2.05) is 31.2 Å². The predicted octanol–water partition coefficient (Wildman–Crippen LogP) is 3.83. The molecule has 1 aliphatic rings. The molecule has 2 heterocycles. The van der Waals surface area contributed by atoms with Gasteiger partial charge in [-0.1, -0.05) is 24.8 Å². The number of hydrogen-bond acceptors (Lipinski definition) is 4. The van der Waals surface area contributed by atoms with Crippen molar-refractivity contribution in [2.45, 2.75) is 13.5 Å². The van der Waals surface area contributed by atoms with Gasteiger partial charge in [0.15, 0.2) is 0 Å². The zero-order valence-electron chi connectivity index (χ0n) is 15.9. The molecule has 0 aliphatic carbocycles. The number of imidazole rings is 1. The van der Waals surface area contributed by atoms with Crippen LogP contribution >= 0.6 is 0 Å². The number of aromatic amines is 1. The standard InChI is InChI=1S/C22H23N5O/c1-3-4-22(26-15(2)23)27-9-10-28-21-8-6-16(11-18(21)13-27)17-5-7-19-20(12-17)25-14-24-19/h3-8,11-12,14H,2,9-10,13,23H2,1H3,(H,24,25)/b4-3+,26-22?. The van der Waals surface area contributed by atoms with E-state index in [4.69, 9.17) is 10.5 Å². The van der Waals surface area contributed by atoms with Gasteiger partial charge in [-0.05, 0) is 48.4 Å². The lowest BCUT2D eigenvalue weighted by molar-refractivity contribution is 0.290. The number of nitrogens with two attached hydrogens (primary N) is 1. The molecule has 0 spiro atoms. The highest BCUT2D eigenvalue weighted by molar-refractivity contribution is 5.93. The fourth-order valence-electron chi connectivity index (χ4n) is 3.39. The summed E-state index contributed by atoms with van der Waals surface area (Å²) in [5, 5.41) is 0. The van der Waals surface area contributed by atoms with Crippen LogP contribution in [0.25, 0.3) is 22.2 Å². The van der Waals surface area contributed by atoms with E-state index in [1.54, 1.807) is 6.33 Å². The van der Waals surface area contributed by atoms with Gasteiger partial charge in [-0.25, -0.2) is 9.98 Å². The Kier molecular flexibility index (Phi) is 4.85. The number of aromatic nitrogens is 2. The normalized spacial score (nSPS) is 14.8. The van der Waals surface area contributed by atoms with Gasteiger partial charge in [-0.2, -0.15) is 0 Å². The van der Waals surface area contributed by atoms with E-state index in [0.29, 0.717) is 19.0 Å². The van der Waals surface area contributed by atoms with Crippen molar-refractivity contribution in [3.8, 4) is 16.9 Å². The number of fused-ring (bicyclic) bond motifs is 2. The van der Waals surface area contributed by atoms with Crippen molar-refractivity contribution in [3.05, 3.63) is 72.8 Å². The zero-order valence-corrected chi connectivity index (χ0v) is 15.9. The van der Waals surface area contributed by atoms with Crippen LogP contribution in [0.3, 0.4) is 0 Å². The number of hydrogen-bond donors (Lipinski definition) is 2. The molecular weight excluding hydrogens is 350 g/mol. The Hall–Kier alpha value is -3.54. The van der Waals surface area contributed by atoms with E-state index in [9.17, 15) is 0 Å². The van der Waals surface area contributed by atoms with E-state index in [1.165, 1.54) is 0 Å². The van der Waals surface area contributed by atoms with Gasteiger partial charge in [-0.3, -0.25) is 0 Å². The monoisotopic (exact) mass is 373 g/mol. The second kappa shape index (κ2) is 7.60. The third-order valence-electron chi connectivity index (χ3n) is 4.69. The van der Waals surface area contributed by atoms with E-state index >= 15 is 0 Å². The van der Waals surface area contributed by atoms with Gasteiger partial charge < -0.3 is 20.4 Å². The predicted molar refractivity (Wildman–Crippen MR) is 113 cm³/mol. The molecule has 1 aromatic heterocycles. The number of ether oxygens (including phenoxy) is 1. The maximum Gasteiger partial charge on any atom is 0.131 e. The molecular formula is C22H23N5O. The Balaban J connectivity index is 1.69. The first kappa shape index (κ1) is 17.9.